The van der Waals surface area contributed by atoms with Gasteiger partial charge in [-0.15, -0.1) is 0 Å². The van der Waals surface area contributed by atoms with Crippen LogP contribution in [0.15, 0.2) is 46.2 Å². The number of amides is 1. The lowest BCUT2D eigenvalue weighted by molar-refractivity contribution is -0.908. The van der Waals surface area contributed by atoms with E-state index in [9.17, 15) is 10.0 Å². The second kappa shape index (κ2) is 11.3. The van der Waals surface area contributed by atoms with Crippen molar-refractivity contribution in [1.82, 2.24) is 9.80 Å². The Labute approximate surface area is 222 Å². The van der Waals surface area contributed by atoms with Crippen molar-refractivity contribution in [1.29, 1.82) is 0 Å². The number of carbonyl (C=O) groups excluding carboxylic acids is 1. The first-order valence-corrected chi connectivity index (χ1v) is 13.7. The summed E-state index contributed by atoms with van der Waals surface area (Å²) in [5, 5.41) is 14.6. The highest BCUT2D eigenvalue weighted by molar-refractivity contribution is 9.10. The predicted octanol–water partition coefficient (Wildman–Crippen LogP) is 4.74. The number of rotatable bonds is 6. The largest absolute Gasteiger partial charge is 0.396 e. The number of pyridine rings is 1. The Hall–Kier alpha value is -2.45. The van der Waals surface area contributed by atoms with Gasteiger partial charge >= 0.3 is 0 Å². The first kappa shape index (κ1) is 26.6. The smallest absolute Gasteiger partial charge is 0.260 e. The Balaban J connectivity index is 1.38. The third kappa shape index (κ3) is 5.59. The van der Waals surface area contributed by atoms with Gasteiger partial charge in [0, 0.05) is 46.7 Å². The van der Waals surface area contributed by atoms with Gasteiger partial charge in [0.15, 0.2) is 0 Å². The van der Waals surface area contributed by atoms with Crippen LogP contribution >= 0.6 is 15.9 Å². The molecule has 2 aliphatic heterocycles. The molecule has 0 unspecified atom stereocenters. The van der Waals surface area contributed by atoms with Crippen LogP contribution in [0.1, 0.15) is 66.7 Å². The summed E-state index contributed by atoms with van der Waals surface area (Å²) < 4.78 is 2.10. The van der Waals surface area contributed by atoms with Crippen LogP contribution in [0.25, 0.3) is 0 Å². The maximum Gasteiger partial charge on any atom is 0.260 e. The molecule has 0 radical (unpaired) electrons. The molecule has 1 N–H and O–H groups in total. The maximum absolute atomic E-state index is 13.3. The van der Waals surface area contributed by atoms with Gasteiger partial charge in [-0.1, -0.05) is 33.2 Å². The summed E-state index contributed by atoms with van der Waals surface area (Å²) in [4.78, 5) is 23.4. The minimum absolute atomic E-state index is 0.0143. The standard InChI is InChI=1S/C28H38BrN4O3/c1-5-36-30-26(22-6-8-24(29)9-7-22)23-11-15-32(16-12-23)28(4)13-18-31(19-14-28)27(34)25-20(2)10-17-33(35)21(25)3/h6-10,17,23,35H,5,11-16,18-19H2,1-4H3/q+1. The summed E-state index contributed by atoms with van der Waals surface area (Å²) in [5.41, 5.74) is 4.34. The number of aromatic nitrogens is 1. The molecular formula is C28H38BrN4O3+. The highest BCUT2D eigenvalue weighted by Gasteiger charge is 2.40. The molecule has 194 valence electrons. The molecule has 2 aromatic rings. The van der Waals surface area contributed by atoms with E-state index in [-0.39, 0.29) is 11.4 Å². The molecule has 1 aromatic heterocycles. The van der Waals surface area contributed by atoms with Crippen molar-refractivity contribution in [2.45, 2.75) is 58.9 Å². The van der Waals surface area contributed by atoms with Crippen LogP contribution in [0, 0.1) is 19.8 Å². The van der Waals surface area contributed by atoms with Crippen LogP contribution in [0.3, 0.4) is 0 Å². The number of piperidine rings is 2. The van der Waals surface area contributed by atoms with E-state index in [2.05, 4.69) is 57.2 Å². The number of hydrogen-bond donors (Lipinski definition) is 1. The lowest BCUT2D eigenvalue weighted by atomic mass is 9.82. The zero-order valence-corrected chi connectivity index (χ0v) is 23.4. The number of nitrogens with zero attached hydrogens (tertiary/aromatic N) is 4. The Morgan fingerprint density at radius 2 is 1.78 bits per heavy atom. The van der Waals surface area contributed by atoms with Gasteiger partial charge in [0.05, 0.1) is 5.71 Å². The molecule has 0 spiro atoms. The second-order valence-corrected chi connectivity index (χ2v) is 11.2. The molecular weight excluding hydrogens is 520 g/mol. The summed E-state index contributed by atoms with van der Waals surface area (Å²) in [6.07, 6.45) is 5.55. The molecule has 2 aliphatic rings. The van der Waals surface area contributed by atoms with Gasteiger partial charge in [0.25, 0.3) is 5.91 Å². The summed E-state index contributed by atoms with van der Waals surface area (Å²) in [5.74, 6) is 0.383. The van der Waals surface area contributed by atoms with Crippen molar-refractivity contribution >= 4 is 27.5 Å². The zero-order valence-electron chi connectivity index (χ0n) is 21.8. The van der Waals surface area contributed by atoms with Gasteiger partial charge in [-0.05, 0) is 82.8 Å². The van der Waals surface area contributed by atoms with E-state index < -0.39 is 0 Å². The number of halogens is 1. The third-order valence-electron chi connectivity index (χ3n) is 7.98. The van der Waals surface area contributed by atoms with Crippen molar-refractivity contribution in [2.75, 3.05) is 32.8 Å². The van der Waals surface area contributed by atoms with Crippen molar-refractivity contribution < 1.29 is 19.6 Å². The molecule has 0 aliphatic carbocycles. The van der Waals surface area contributed by atoms with E-state index in [0.29, 0.717) is 23.8 Å². The Morgan fingerprint density at radius 1 is 1.14 bits per heavy atom. The molecule has 0 saturated carbocycles. The summed E-state index contributed by atoms with van der Waals surface area (Å²) >= 11 is 3.52. The number of oxime groups is 1. The van der Waals surface area contributed by atoms with Crippen LogP contribution in [0.5, 0.6) is 0 Å². The van der Waals surface area contributed by atoms with E-state index in [1.165, 1.54) is 0 Å². The molecule has 2 fully saturated rings. The summed E-state index contributed by atoms with van der Waals surface area (Å²) in [7, 11) is 0. The fourth-order valence-corrected chi connectivity index (χ4v) is 5.84. The highest BCUT2D eigenvalue weighted by atomic mass is 79.9. The SMILES string of the molecule is CCON=C(c1ccc(Br)cc1)C1CCN(C2(C)CCN(C(=O)c3c(C)cc[n+](O)c3C)CC2)CC1. The summed E-state index contributed by atoms with van der Waals surface area (Å²) in [6.45, 7) is 12.1. The van der Waals surface area contributed by atoms with Crippen LogP contribution in [-0.4, -0.2) is 65.0 Å². The zero-order chi connectivity index (χ0) is 25.9. The molecule has 1 amide bonds. The molecule has 8 heteroatoms. The van der Waals surface area contributed by atoms with E-state index in [0.717, 1.165) is 77.9 Å². The normalized spacial score (nSPS) is 19.4. The Bertz CT molecular complexity index is 1100. The summed E-state index contributed by atoms with van der Waals surface area (Å²) in [6, 6.07) is 10.1. The van der Waals surface area contributed by atoms with Gasteiger partial charge in [-0.25, -0.2) is 0 Å². The van der Waals surface area contributed by atoms with Crippen molar-refractivity contribution in [3.8, 4) is 0 Å². The van der Waals surface area contributed by atoms with E-state index in [4.69, 9.17) is 4.84 Å². The predicted molar refractivity (Wildman–Crippen MR) is 143 cm³/mol. The average Bonchev–Trinajstić information content (AvgIpc) is 2.88. The van der Waals surface area contributed by atoms with Crippen LogP contribution < -0.4 is 4.73 Å². The number of hydrogen-bond acceptors (Lipinski definition) is 5. The van der Waals surface area contributed by atoms with Gasteiger partial charge in [-0.3, -0.25) is 14.9 Å². The molecule has 2 saturated heterocycles. The fourth-order valence-electron chi connectivity index (χ4n) is 5.58. The van der Waals surface area contributed by atoms with Crippen molar-refractivity contribution in [3.63, 3.8) is 0 Å². The van der Waals surface area contributed by atoms with Gasteiger partial charge < -0.3 is 9.74 Å². The van der Waals surface area contributed by atoms with Gasteiger partial charge in [0.1, 0.15) is 12.2 Å². The van der Waals surface area contributed by atoms with Gasteiger partial charge in [-0.2, -0.15) is 0 Å². The molecule has 36 heavy (non-hydrogen) atoms. The lowest BCUT2D eigenvalue weighted by Crippen LogP contribution is -2.57. The first-order chi connectivity index (χ1) is 17.2. The molecule has 1 aromatic carbocycles. The van der Waals surface area contributed by atoms with Crippen molar-refractivity contribution in [2.24, 2.45) is 11.1 Å². The van der Waals surface area contributed by atoms with E-state index in [1.54, 1.807) is 19.2 Å². The Kier molecular flexibility index (Phi) is 8.35. The lowest BCUT2D eigenvalue weighted by Gasteiger charge is -2.49. The molecule has 7 nitrogen and oxygen atoms in total. The maximum atomic E-state index is 13.3. The van der Waals surface area contributed by atoms with Crippen LogP contribution in [0.4, 0.5) is 0 Å². The number of carbonyl (C=O) groups is 1. The molecule has 3 heterocycles. The van der Waals surface area contributed by atoms with Gasteiger partial charge in [0.2, 0.25) is 11.9 Å². The minimum Gasteiger partial charge on any atom is -0.396 e. The van der Waals surface area contributed by atoms with Crippen LogP contribution in [0.2, 0.25) is 0 Å². The first-order valence-electron chi connectivity index (χ1n) is 12.9. The van der Waals surface area contributed by atoms with Crippen LogP contribution in [-0.2, 0) is 4.84 Å². The number of aryl methyl sites for hydroxylation is 1. The number of likely N-dealkylation sites (tertiary alicyclic amines) is 2. The third-order valence-corrected chi connectivity index (χ3v) is 8.51. The second-order valence-electron chi connectivity index (χ2n) is 10.3. The quantitative estimate of drug-likeness (QED) is 0.241. The van der Waals surface area contributed by atoms with E-state index in [1.807, 2.05) is 18.7 Å². The highest BCUT2D eigenvalue weighted by Crippen LogP contribution is 2.34. The number of benzene rings is 1. The Morgan fingerprint density at radius 3 is 2.39 bits per heavy atom. The molecule has 0 bridgehead atoms. The van der Waals surface area contributed by atoms with Crippen molar-refractivity contribution in [3.05, 3.63) is 63.4 Å². The average molecular weight is 559 g/mol. The fraction of sp³-hybridized carbons (Fsp3) is 0.536. The topological polar surface area (TPSA) is 69.2 Å². The monoisotopic (exact) mass is 557 g/mol. The molecule has 0 atom stereocenters. The van der Waals surface area contributed by atoms with E-state index >= 15 is 0 Å². The molecule has 4 rings (SSSR count). The minimum atomic E-state index is 0.0143.